The van der Waals surface area contributed by atoms with Crippen LogP contribution in [0.5, 0.6) is 0 Å². The van der Waals surface area contributed by atoms with Crippen molar-refractivity contribution in [3.05, 3.63) is 29.3 Å². The Morgan fingerprint density at radius 1 is 1.37 bits per heavy atom. The number of nitrogens with two attached hydrogens (primary N) is 1. The standard InChI is InChI=1S/C11H13ClN4O2S/c1-2-6-16-10(8-4-3-5-9(12)7-8)14-15-11(16)19(13,17)18/h3-5,7H,2,6H2,1H3,(H2,13,17,18). The number of hydrogen-bond donors (Lipinski definition) is 1. The molecule has 0 bridgehead atoms. The van der Waals surface area contributed by atoms with E-state index in [-0.39, 0.29) is 5.16 Å². The molecule has 0 saturated carbocycles. The van der Waals surface area contributed by atoms with E-state index in [0.717, 1.165) is 6.42 Å². The summed E-state index contributed by atoms with van der Waals surface area (Å²) in [6.07, 6.45) is 0.730. The minimum Gasteiger partial charge on any atom is -0.297 e. The van der Waals surface area contributed by atoms with Crippen molar-refractivity contribution in [2.45, 2.75) is 25.0 Å². The van der Waals surface area contributed by atoms with Gasteiger partial charge in [0, 0.05) is 17.1 Å². The van der Waals surface area contributed by atoms with Gasteiger partial charge in [-0.3, -0.25) is 4.57 Å². The van der Waals surface area contributed by atoms with Crippen molar-refractivity contribution >= 4 is 21.6 Å². The zero-order chi connectivity index (χ0) is 14.0. The molecule has 0 fully saturated rings. The van der Waals surface area contributed by atoms with Gasteiger partial charge in [0.25, 0.3) is 15.2 Å². The molecule has 1 aromatic heterocycles. The lowest BCUT2D eigenvalue weighted by Crippen LogP contribution is -2.19. The quantitative estimate of drug-likeness (QED) is 0.929. The Morgan fingerprint density at radius 2 is 2.11 bits per heavy atom. The van der Waals surface area contributed by atoms with Gasteiger partial charge in [0.05, 0.1) is 0 Å². The Hall–Kier alpha value is -1.44. The number of nitrogens with zero attached hydrogens (tertiary/aromatic N) is 3. The Labute approximate surface area is 116 Å². The summed E-state index contributed by atoms with van der Waals surface area (Å²) in [5, 5.41) is 13.0. The van der Waals surface area contributed by atoms with E-state index in [0.29, 0.717) is 23.0 Å². The van der Waals surface area contributed by atoms with E-state index in [2.05, 4.69) is 10.2 Å². The van der Waals surface area contributed by atoms with Crippen LogP contribution in [-0.2, 0) is 16.6 Å². The maximum atomic E-state index is 11.5. The lowest BCUT2D eigenvalue weighted by Gasteiger charge is -2.07. The molecule has 0 aliphatic heterocycles. The molecular weight excluding hydrogens is 288 g/mol. The fourth-order valence-electron chi connectivity index (χ4n) is 1.77. The number of rotatable bonds is 4. The lowest BCUT2D eigenvalue weighted by molar-refractivity contribution is 0.559. The third-order valence-electron chi connectivity index (χ3n) is 2.50. The van der Waals surface area contributed by atoms with Crippen molar-refractivity contribution in [3.8, 4) is 11.4 Å². The molecule has 0 saturated heterocycles. The second-order valence-electron chi connectivity index (χ2n) is 4.01. The Balaban J connectivity index is 2.62. The van der Waals surface area contributed by atoms with Crippen LogP contribution in [0.4, 0.5) is 0 Å². The average molecular weight is 301 g/mol. The average Bonchev–Trinajstić information content (AvgIpc) is 2.73. The zero-order valence-corrected chi connectivity index (χ0v) is 11.8. The van der Waals surface area contributed by atoms with Crippen LogP contribution in [0.3, 0.4) is 0 Å². The Kier molecular flexibility index (Phi) is 3.88. The molecule has 19 heavy (non-hydrogen) atoms. The summed E-state index contributed by atoms with van der Waals surface area (Å²) in [4.78, 5) is 0. The van der Waals surface area contributed by atoms with Gasteiger partial charge in [-0.05, 0) is 18.6 Å². The van der Waals surface area contributed by atoms with E-state index >= 15 is 0 Å². The number of sulfonamides is 1. The first-order valence-electron chi connectivity index (χ1n) is 5.65. The second kappa shape index (κ2) is 5.28. The highest BCUT2D eigenvalue weighted by atomic mass is 35.5. The van der Waals surface area contributed by atoms with Gasteiger partial charge in [0.1, 0.15) is 0 Å². The summed E-state index contributed by atoms with van der Waals surface area (Å²) in [7, 11) is -3.90. The largest absolute Gasteiger partial charge is 0.297 e. The van der Waals surface area contributed by atoms with Crippen molar-refractivity contribution < 1.29 is 8.42 Å². The number of benzene rings is 1. The first kappa shape index (κ1) is 14.0. The molecule has 1 aromatic carbocycles. The highest BCUT2D eigenvalue weighted by Gasteiger charge is 2.21. The van der Waals surface area contributed by atoms with E-state index in [9.17, 15) is 8.42 Å². The molecule has 0 unspecified atom stereocenters. The van der Waals surface area contributed by atoms with Gasteiger partial charge in [-0.2, -0.15) is 0 Å². The number of aromatic nitrogens is 3. The molecule has 0 amide bonds. The number of halogens is 1. The summed E-state index contributed by atoms with van der Waals surface area (Å²) in [5.41, 5.74) is 0.698. The molecule has 0 aliphatic rings. The van der Waals surface area contributed by atoms with Gasteiger partial charge in [-0.25, -0.2) is 13.6 Å². The van der Waals surface area contributed by atoms with Crippen LogP contribution < -0.4 is 5.14 Å². The molecule has 0 radical (unpaired) electrons. The number of hydrogen-bond acceptors (Lipinski definition) is 4. The minimum absolute atomic E-state index is 0.232. The van der Waals surface area contributed by atoms with Gasteiger partial charge in [0.15, 0.2) is 5.82 Å². The van der Waals surface area contributed by atoms with Gasteiger partial charge >= 0.3 is 0 Å². The minimum atomic E-state index is -3.90. The molecule has 2 aromatic rings. The van der Waals surface area contributed by atoms with Crippen molar-refractivity contribution in [1.29, 1.82) is 0 Å². The van der Waals surface area contributed by atoms with Gasteiger partial charge in [-0.1, -0.05) is 30.7 Å². The summed E-state index contributed by atoms with van der Waals surface area (Å²) >= 11 is 5.92. The third-order valence-corrected chi connectivity index (χ3v) is 3.55. The van der Waals surface area contributed by atoms with Gasteiger partial charge in [0.2, 0.25) is 0 Å². The lowest BCUT2D eigenvalue weighted by atomic mass is 10.2. The molecule has 2 N–H and O–H groups in total. The highest BCUT2D eigenvalue weighted by Crippen LogP contribution is 2.23. The summed E-state index contributed by atoms with van der Waals surface area (Å²) in [5.74, 6) is 0.438. The Bertz CT molecular complexity index is 696. The van der Waals surface area contributed by atoms with Gasteiger partial charge < -0.3 is 0 Å². The fourth-order valence-corrected chi connectivity index (χ4v) is 2.60. The third kappa shape index (κ3) is 2.94. The van der Waals surface area contributed by atoms with Crippen LogP contribution in [0.2, 0.25) is 5.02 Å². The predicted molar refractivity (Wildman–Crippen MR) is 72.1 cm³/mol. The predicted octanol–water partition coefficient (Wildman–Crippen LogP) is 1.66. The first-order chi connectivity index (χ1) is 8.93. The molecule has 6 nitrogen and oxygen atoms in total. The maximum absolute atomic E-state index is 11.5. The summed E-state index contributed by atoms with van der Waals surface area (Å²) in [6.45, 7) is 2.38. The molecule has 8 heteroatoms. The van der Waals surface area contributed by atoms with E-state index in [1.54, 1.807) is 24.3 Å². The van der Waals surface area contributed by atoms with Crippen molar-refractivity contribution in [1.82, 2.24) is 14.8 Å². The van der Waals surface area contributed by atoms with Crippen LogP contribution >= 0.6 is 11.6 Å². The maximum Gasteiger partial charge on any atom is 0.273 e. The highest BCUT2D eigenvalue weighted by molar-refractivity contribution is 7.89. The smallest absolute Gasteiger partial charge is 0.273 e. The molecule has 2 rings (SSSR count). The molecule has 0 spiro atoms. The van der Waals surface area contributed by atoms with Gasteiger partial charge in [-0.15, -0.1) is 10.2 Å². The first-order valence-corrected chi connectivity index (χ1v) is 7.58. The fraction of sp³-hybridized carbons (Fsp3) is 0.273. The van der Waals surface area contributed by atoms with Crippen LogP contribution in [0.25, 0.3) is 11.4 Å². The van der Waals surface area contributed by atoms with Crippen LogP contribution in [0, 0.1) is 0 Å². The molecule has 0 aliphatic carbocycles. The monoisotopic (exact) mass is 300 g/mol. The topological polar surface area (TPSA) is 90.9 Å². The SMILES string of the molecule is CCCn1c(-c2cccc(Cl)c2)nnc1S(N)(=O)=O. The van der Waals surface area contributed by atoms with E-state index in [1.165, 1.54) is 4.57 Å². The number of primary sulfonamides is 1. The normalized spacial score (nSPS) is 11.7. The van der Waals surface area contributed by atoms with Crippen molar-refractivity contribution in [2.24, 2.45) is 5.14 Å². The Morgan fingerprint density at radius 3 is 2.68 bits per heavy atom. The van der Waals surface area contributed by atoms with E-state index in [1.807, 2.05) is 6.92 Å². The molecule has 0 atom stereocenters. The summed E-state index contributed by atoms with van der Waals surface area (Å²) in [6, 6.07) is 6.98. The van der Waals surface area contributed by atoms with Crippen molar-refractivity contribution in [3.63, 3.8) is 0 Å². The van der Waals surface area contributed by atoms with Crippen LogP contribution in [-0.4, -0.2) is 23.2 Å². The van der Waals surface area contributed by atoms with E-state index in [4.69, 9.17) is 16.7 Å². The second-order valence-corrected chi connectivity index (χ2v) is 5.90. The zero-order valence-electron chi connectivity index (χ0n) is 10.2. The van der Waals surface area contributed by atoms with Crippen molar-refractivity contribution in [2.75, 3.05) is 0 Å². The molecule has 1 heterocycles. The molecule has 102 valence electrons. The van der Waals surface area contributed by atoms with E-state index < -0.39 is 10.0 Å². The van der Waals surface area contributed by atoms with Crippen LogP contribution in [0.15, 0.2) is 29.4 Å². The van der Waals surface area contributed by atoms with Crippen LogP contribution in [0.1, 0.15) is 13.3 Å². The summed E-state index contributed by atoms with van der Waals surface area (Å²) < 4.78 is 24.4. The molecular formula is C11H13ClN4O2S.